The molecule has 0 spiro atoms. The lowest BCUT2D eigenvalue weighted by Crippen LogP contribution is -2.50. The number of morpholine rings is 1. The number of amides is 1. The van der Waals surface area contributed by atoms with Gasteiger partial charge in [-0.15, -0.1) is 0 Å². The van der Waals surface area contributed by atoms with E-state index in [1.807, 2.05) is 7.05 Å². The van der Waals surface area contributed by atoms with E-state index in [1.165, 1.54) is 11.3 Å². The first-order valence-electron chi connectivity index (χ1n) is 12.2. The summed E-state index contributed by atoms with van der Waals surface area (Å²) in [6, 6.07) is 0.247. The van der Waals surface area contributed by atoms with Crippen LogP contribution in [0.4, 0.5) is 0 Å². The van der Waals surface area contributed by atoms with Gasteiger partial charge in [0.25, 0.3) is 5.91 Å². The number of hydrogen-bond acceptors (Lipinski definition) is 6. The molecule has 2 aliphatic carbocycles. The fraction of sp³-hybridized carbons (Fsp3) is 0.750. The van der Waals surface area contributed by atoms with Crippen molar-refractivity contribution in [3.63, 3.8) is 0 Å². The summed E-state index contributed by atoms with van der Waals surface area (Å²) < 4.78 is 8.02. The maximum Gasteiger partial charge on any atom is 0.253 e. The van der Waals surface area contributed by atoms with Gasteiger partial charge < -0.3 is 25.2 Å². The predicted octanol–water partition coefficient (Wildman–Crippen LogP) is 1.28. The van der Waals surface area contributed by atoms with E-state index in [0.29, 0.717) is 25.1 Å². The number of nitrogens with zero attached hydrogens (tertiary/aromatic N) is 4. The molecule has 178 valence electrons. The van der Waals surface area contributed by atoms with Gasteiger partial charge in [-0.25, -0.2) is 0 Å². The van der Waals surface area contributed by atoms with E-state index in [2.05, 4.69) is 58.3 Å². The number of ether oxygens (including phenoxy) is 1. The number of aryl methyl sites for hydroxylation is 1. The molecule has 0 aromatic carbocycles. The van der Waals surface area contributed by atoms with Gasteiger partial charge in [-0.3, -0.25) is 9.48 Å². The van der Waals surface area contributed by atoms with E-state index in [1.54, 1.807) is 0 Å². The van der Waals surface area contributed by atoms with Crippen LogP contribution in [0.5, 0.6) is 0 Å². The maximum absolute atomic E-state index is 13.4. The number of carbonyl (C=O) groups is 1. The number of hydrogen-bond donors (Lipinski definition) is 2. The Morgan fingerprint density at radius 2 is 2.22 bits per heavy atom. The first kappa shape index (κ1) is 23.4. The highest BCUT2D eigenvalue weighted by Crippen LogP contribution is 2.38. The van der Waals surface area contributed by atoms with Crippen molar-refractivity contribution in [3.8, 4) is 0 Å². The highest BCUT2D eigenvalue weighted by molar-refractivity contribution is 5.82. The Morgan fingerprint density at radius 3 is 2.88 bits per heavy atom. The molecule has 4 rings (SSSR count). The quantitative estimate of drug-likeness (QED) is 0.530. The number of carbonyl (C=O) groups excluding carboxylic acids is 1. The Kier molecular flexibility index (Phi) is 7.66. The van der Waals surface area contributed by atoms with Crippen LogP contribution in [0.25, 0.3) is 6.08 Å². The number of aromatic nitrogens is 2. The lowest BCUT2D eigenvalue weighted by molar-refractivity contribution is -0.148. The molecule has 8 heteroatoms. The molecule has 1 aliphatic heterocycles. The van der Waals surface area contributed by atoms with Crippen molar-refractivity contribution in [2.75, 3.05) is 53.9 Å². The Morgan fingerprint density at radius 1 is 1.41 bits per heavy atom. The first-order valence-corrected chi connectivity index (χ1v) is 12.2. The molecular formula is C24H40N6O2. The normalized spacial score (nSPS) is 23.9. The molecule has 1 unspecified atom stereocenters. The Balaban J connectivity index is 1.60. The second-order valence-electron chi connectivity index (χ2n) is 9.73. The van der Waals surface area contributed by atoms with Crippen LogP contribution in [0.2, 0.25) is 0 Å². The summed E-state index contributed by atoms with van der Waals surface area (Å²) >= 11 is 0. The largest absolute Gasteiger partial charge is 0.366 e. The third kappa shape index (κ3) is 5.25. The first-order chi connectivity index (χ1) is 15.5. The topological polar surface area (TPSA) is 74.7 Å². The summed E-state index contributed by atoms with van der Waals surface area (Å²) in [5.41, 5.74) is 3.57. The van der Waals surface area contributed by atoms with Crippen LogP contribution in [0.3, 0.4) is 0 Å². The zero-order valence-corrected chi connectivity index (χ0v) is 20.1. The number of fused-ring (bicyclic) bond motifs is 1. The smallest absolute Gasteiger partial charge is 0.253 e. The molecule has 2 N–H and O–H groups in total. The monoisotopic (exact) mass is 444 g/mol. The minimum absolute atomic E-state index is 0.0603. The van der Waals surface area contributed by atoms with Crippen molar-refractivity contribution in [2.45, 2.75) is 57.3 Å². The average Bonchev–Trinajstić information content (AvgIpc) is 3.55. The molecule has 1 aromatic heterocycles. The minimum atomic E-state index is -0.389. The van der Waals surface area contributed by atoms with Crippen LogP contribution in [-0.4, -0.2) is 91.6 Å². The Bertz CT molecular complexity index is 810. The molecule has 3 atom stereocenters. The van der Waals surface area contributed by atoms with Crippen LogP contribution in [0, 0.1) is 5.92 Å². The van der Waals surface area contributed by atoms with E-state index in [9.17, 15) is 4.79 Å². The molecule has 1 aromatic rings. The van der Waals surface area contributed by atoms with Gasteiger partial charge in [0.2, 0.25) is 0 Å². The van der Waals surface area contributed by atoms with Crippen molar-refractivity contribution >= 4 is 12.0 Å². The lowest BCUT2D eigenvalue weighted by atomic mass is 9.91. The van der Waals surface area contributed by atoms with Gasteiger partial charge in [-0.1, -0.05) is 12.2 Å². The second-order valence-corrected chi connectivity index (χ2v) is 9.73. The fourth-order valence-corrected chi connectivity index (χ4v) is 5.03. The van der Waals surface area contributed by atoms with Gasteiger partial charge in [-0.2, -0.15) is 5.10 Å². The van der Waals surface area contributed by atoms with E-state index < -0.39 is 0 Å². The SMILES string of the molecule is CNCCCn1nc([C@@H](C)N(C(=O)[C@H]2CNCCO2)C2CC2)c2c1CC(CN(C)C)C=C2. The summed E-state index contributed by atoms with van der Waals surface area (Å²) in [6.45, 7) is 7.03. The summed E-state index contributed by atoms with van der Waals surface area (Å²) in [5, 5.41) is 11.6. The zero-order valence-electron chi connectivity index (χ0n) is 20.1. The van der Waals surface area contributed by atoms with Crippen molar-refractivity contribution in [1.82, 2.24) is 30.2 Å². The van der Waals surface area contributed by atoms with E-state index in [-0.39, 0.29) is 18.1 Å². The highest BCUT2D eigenvalue weighted by Gasteiger charge is 2.41. The minimum Gasteiger partial charge on any atom is -0.366 e. The molecule has 0 bridgehead atoms. The Hall–Kier alpha value is -1.74. The van der Waals surface area contributed by atoms with Gasteiger partial charge in [0.15, 0.2) is 0 Å². The molecule has 1 amide bonds. The molecular weight excluding hydrogens is 404 g/mol. The average molecular weight is 445 g/mol. The molecule has 3 aliphatic rings. The molecule has 1 saturated carbocycles. The van der Waals surface area contributed by atoms with Gasteiger partial charge in [0.05, 0.1) is 18.3 Å². The maximum atomic E-state index is 13.4. The van der Waals surface area contributed by atoms with Gasteiger partial charge in [0.1, 0.15) is 6.10 Å². The van der Waals surface area contributed by atoms with Crippen LogP contribution in [0.1, 0.15) is 49.2 Å². The number of rotatable bonds is 10. The predicted molar refractivity (Wildman–Crippen MR) is 126 cm³/mol. The summed E-state index contributed by atoms with van der Waals surface area (Å²) in [7, 11) is 6.24. The van der Waals surface area contributed by atoms with E-state index >= 15 is 0 Å². The Labute approximate surface area is 192 Å². The molecule has 2 heterocycles. The molecule has 0 radical (unpaired) electrons. The van der Waals surface area contributed by atoms with Crippen molar-refractivity contribution in [2.24, 2.45) is 5.92 Å². The van der Waals surface area contributed by atoms with Gasteiger partial charge in [-0.05, 0) is 66.2 Å². The van der Waals surface area contributed by atoms with Gasteiger partial charge in [0, 0.05) is 43.5 Å². The molecule has 8 nitrogen and oxygen atoms in total. The van der Waals surface area contributed by atoms with Crippen LogP contribution in [-0.2, 0) is 22.5 Å². The number of nitrogens with one attached hydrogen (secondary N) is 2. The van der Waals surface area contributed by atoms with Crippen LogP contribution < -0.4 is 10.6 Å². The summed E-state index contributed by atoms with van der Waals surface area (Å²) in [6.07, 6.45) is 8.37. The zero-order chi connectivity index (χ0) is 22.7. The lowest BCUT2D eigenvalue weighted by Gasteiger charge is -2.34. The standard InChI is InChI=1S/C24H40N6O2/c1-17(30(19-7-8-19)24(31)22-15-26-11-13-32-22)23-20-9-6-18(16-28(3)4)14-21(20)29(27-23)12-5-10-25-2/h6,9,17-19,22,25-26H,5,7-8,10-16H2,1-4H3/t17-,18?,22-/m1/s1. The second kappa shape index (κ2) is 10.5. The van der Waals surface area contributed by atoms with Crippen LogP contribution in [0.15, 0.2) is 6.08 Å². The fourth-order valence-electron chi connectivity index (χ4n) is 5.03. The molecule has 32 heavy (non-hydrogen) atoms. The summed E-state index contributed by atoms with van der Waals surface area (Å²) in [4.78, 5) is 17.8. The highest BCUT2D eigenvalue weighted by atomic mass is 16.5. The van der Waals surface area contributed by atoms with Crippen molar-refractivity contribution in [1.29, 1.82) is 0 Å². The van der Waals surface area contributed by atoms with Crippen molar-refractivity contribution in [3.05, 3.63) is 23.0 Å². The third-order valence-corrected chi connectivity index (χ3v) is 6.72. The van der Waals surface area contributed by atoms with Crippen LogP contribution >= 0.6 is 0 Å². The van der Waals surface area contributed by atoms with Crippen molar-refractivity contribution < 1.29 is 9.53 Å². The third-order valence-electron chi connectivity index (χ3n) is 6.72. The van der Waals surface area contributed by atoms with E-state index in [4.69, 9.17) is 9.84 Å². The molecule has 1 saturated heterocycles. The van der Waals surface area contributed by atoms with Gasteiger partial charge >= 0.3 is 0 Å². The summed E-state index contributed by atoms with van der Waals surface area (Å²) in [5.74, 6) is 0.597. The molecule has 2 fully saturated rings. The van der Waals surface area contributed by atoms with E-state index in [0.717, 1.165) is 57.6 Å².